The number of carboxylic acid groups (broad SMARTS) is 1. The molecule has 25 heavy (non-hydrogen) atoms. The molecule has 0 aliphatic heterocycles. The summed E-state index contributed by atoms with van der Waals surface area (Å²) in [7, 11) is 1.59. The van der Waals surface area contributed by atoms with Crippen molar-refractivity contribution >= 4 is 22.9 Å². The van der Waals surface area contributed by atoms with Crippen LogP contribution in [0.4, 0.5) is 0 Å². The van der Waals surface area contributed by atoms with E-state index in [-0.39, 0.29) is 6.61 Å². The van der Waals surface area contributed by atoms with Crippen molar-refractivity contribution in [1.29, 1.82) is 0 Å². The standard InChI is InChI=1S/C20H17NO4/c1-24-17-9-7-14(8-10-19(22)23)12-16(17)13-25-18-6-2-4-15-5-3-11-21-20(15)18/h2-12H,13H2,1H3,(H,22,23). The van der Waals surface area contributed by atoms with Gasteiger partial charge in [-0.15, -0.1) is 0 Å². The quantitative estimate of drug-likeness (QED) is 0.692. The number of carbonyl (C=O) groups is 1. The minimum atomic E-state index is -0.990. The number of aliphatic carboxylic acids is 1. The second kappa shape index (κ2) is 7.49. The Kier molecular flexibility index (Phi) is 4.95. The van der Waals surface area contributed by atoms with Gasteiger partial charge in [-0.1, -0.05) is 24.3 Å². The van der Waals surface area contributed by atoms with Gasteiger partial charge in [0, 0.05) is 23.2 Å². The van der Waals surface area contributed by atoms with Gasteiger partial charge in [0.1, 0.15) is 23.6 Å². The first-order valence-corrected chi connectivity index (χ1v) is 7.72. The monoisotopic (exact) mass is 335 g/mol. The van der Waals surface area contributed by atoms with Crippen LogP contribution in [0.1, 0.15) is 11.1 Å². The molecule has 3 rings (SSSR count). The number of methoxy groups -OCH3 is 1. The maximum atomic E-state index is 10.7. The molecule has 0 saturated carbocycles. The Bertz CT molecular complexity index is 929. The van der Waals surface area contributed by atoms with Gasteiger partial charge in [0.2, 0.25) is 0 Å². The molecule has 0 aliphatic rings. The van der Waals surface area contributed by atoms with Gasteiger partial charge in [0.15, 0.2) is 0 Å². The van der Waals surface area contributed by atoms with Crippen LogP contribution in [0.2, 0.25) is 0 Å². The van der Waals surface area contributed by atoms with Crippen LogP contribution in [-0.4, -0.2) is 23.2 Å². The Morgan fingerprint density at radius 3 is 2.80 bits per heavy atom. The lowest BCUT2D eigenvalue weighted by Crippen LogP contribution is -2.00. The number of nitrogens with zero attached hydrogens (tertiary/aromatic N) is 1. The Morgan fingerprint density at radius 1 is 1.16 bits per heavy atom. The molecule has 0 aliphatic carbocycles. The summed E-state index contributed by atoms with van der Waals surface area (Å²) >= 11 is 0. The van der Waals surface area contributed by atoms with E-state index in [1.807, 2.05) is 36.4 Å². The summed E-state index contributed by atoms with van der Waals surface area (Å²) in [5.74, 6) is 0.378. The van der Waals surface area contributed by atoms with Crippen molar-refractivity contribution in [2.75, 3.05) is 7.11 Å². The Labute approximate surface area is 145 Å². The first-order chi connectivity index (χ1) is 12.2. The molecular formula is C20H17NO4. The number of fused-ring (bicyclic) bond motifs is 1. The fraction of sp³-hybridized carbons (Fsp3) is 0.100. The summed E-state index contributed by atoms with van der Waals surface area (Å²) in [6.45, 7) is 0.285. The molecule has 1 heterocycles. The lowest BCUT2D eigenvalue weighted by Gasteiger charge is -2.12. The van der Waals surface area contributed by atoms with Crippen LogP contribution in [0.3, 0.4) is 0 Å². The van der Waals surface area contributed by atoms with Gasteiger partial charge in [-0.25, -0.2) is 4.79 Å². The van der Waals surface area contributed by atoms with E-state index in [4.69, 9.17) is 14.6 Å². The second-order valence-electron chi connectivity index (χ2n) is 5.36. The SMILES string of the molecule is COc1ccc(C=CC(=O)O)cc1COc1cccc2cccnc12. The predicted octanol–water partition coefficient (Wildman–Crippen LogP) is 3.92. The van der Waals surface area contributed by atoms with E-state index in [0.717, 1.165) is 28.1 Å². The van der Waals surface area contributed by atoms with E-state index in [1.165, 1.54) is 6.08 Å². The number of pyridine rings is 1. The van der Waals surface area contributed by atoms with Crippen molar-refractivity contribution in [3.8, 4) is 11.5 Å². The van der Waals surface area contributed by atoms with Crippen LogP contribution in [-0.2, 0) is 11.4 Å². The number of carboxylic acids is 1. The van der Waals surface area contributed by atoms with Gasteiger partial charge in [-0.05, 0) is 35.9 Å². The summed E-state index contributed by atoms with van der Waals surface area (Å²) < 4.78 is 11.3. The number of ether oxygens (including phenoxy) is 2. The predicted molar refractivity (Wildman–Crippen MR) is 95.7 cm³/mol. The molecule has 126 valence electrons. The molecule has 0 amide bonds. The molecule has 3 aromatic rings. The molecule has 2 aromatic carbocycles. The summed E-state index contributed by atoms with van der Waals surface area (Å²) in [6.07, 6.45) is 4.36. The second-order valence-corrected chi connectivity index (χ2v) is 5.36. The molecule has 5 heteroatoms. The largest absolute Gasteiger partial charge is 0.496 e. The van der Waals surface area contributed by atoms with Crippen LogP contribution < -0.4 is 9.47 Å². The lowest BCUT2D eigenvalue weighted by molar-refractivity contribution is -0.131. The average molecular weight is 335 g/mol. The van der Waals surface area contributed by atoms with Crippen molar-refractivity contribution in [2.24, 2.45) is 0 Å². The number of aromatic nitrogens is 1. The lowest BCUT2D eigenvalue weighted by atomic mass is 10.1. The molecule has 0 unspecified atom stereocenters. The molecule has 0 atom stereocenters. The highest BCUT2D eigenvalue weighted by Crippen LogP contribution is 2.26. The van der Waals surface area contributed by atoms with E-state index in [9.17, 15) is 4.79 Å². The minimum Gasteiger partial charge on any atom is -0.496 e. The number of hydrogen-bond acceptors (Lipinski definition) is 4. The van der Waals surface area contributed by atoms with Gasteiger partial charge in [0.05, 0.1) is 7.11 Å². The summed E-state index contributed by atoms with van der Waals surface area (Å²) in [5, 5.41) is 9.76. The third-order valence-electron chi connectivity index (χ3n) is 3.70. The summed E-state index contributed by atoms with van der Waals surface area (Å²) in [5.41, 5.74) is 2.38. The van der Waals surface area contributed by atoms with E-state index < -0.39 is 5.97 Å². The smallest absolute Gasteiger partial charge is 0.328 e. The van der Waals surface area contributed by atoms with Crippen LogP contribution in [0.25, 0.3) is 17.0 Å². The molecule has 0 spiro atoms. The van der Waals surface area contributed by atoms with E-state index in [1.54, 1.807) is 25.4 Å². The molecular weight excluding hydrogens is 318 g/mol. The van der Waals surface area contributed by atoms with Crippen LogP contribution in [0.15, 0.2) is 60.8 Å². The van der Waals surface area contributed by atoms with Gasteiger partial charge < -0.3 is 14.6 Å². The maximum Gasteiger partial charge on any atom is 0.328 e. The average Bonchev–Trinajstić information content (AvgIpc) is 2.64. The Hall–Kier alpha value is -3.34. The Balaban J connectivity index is 1.86. The summed E-state index contributed by atoms with van der Waals surface area (Å²) in [6, 6.07) is 15.1. The zero-order valence-corrected chi connectivity index (χ0v) is 13.7. The molecule has 5 nitrogen and oxygen atoms in total. The highest BCUT2D eigenvalue weighted by molar-refractivity contribution is 5.85. The van der Waals surface area contributed by atoms with Gasteiger partial charge in [-0.2, -0.15) is 0 Å². The molecule has 0 fully saturated rings. The molecule has 0 radical (unpaired) electrons. The molecule has 1 aromatic heterocycles. The number of benzene rings is 2. The van der Waals surface area contributed by atoms with E-state index >= 15 is 0 Å². The highest BCUT2D eigenvalue weighted by Gasteiger charge is 2.07. The number of para-hydroxylation sites is 1. The van der Waals surface area contributed by atoms with Crippen molar-refractivity contribution in [2.45, 2.75) is 6.61 Å². The minimum absolute atomic E-state index is 0.285. The van der Waals surface area contributed by atoms with Crippen molar-refractivity contribution in [3.05, 3.63) is 71.9 Å². The van der Waals surface area contributed by atoms with Crippen molar-refractivity contribution in [1.82, 2.24) is 4.98 Å². The summed E-state index contributed by atoms with van der Waals surface area (Å²) in [4.78, 5) is 15.0. The highest BCUT2D eigenvalue weighted by atomic mass is 16.5. The molecule has 0 saturated heterocycles. The zero-order valence-electron chi connectivity index (χ0n) is 13.7. The van der Waals surface area contributed by atoms with E-state index in [2.05, 4.69) is 4.98 Å². The van der Waals surface area contributed by atoms with Crippen LogP contribution in [0.5, 0.6) is 11.5 Å². The van der Waals surface area contributed by atoms with Gasteiger partial charge >= 0.3 is 5.97 Å². The maximum absolute atomic E-state index is 10.7. The first-order valence-electron chi connectivity index (χ1n) is 7.72. The first kappa shape index (κ1) is 16.5. The third-order valence-corrected chi connectivity index (χ3v) is 3.70. The fourth-order valence-corrected chi connectivity index (χ4v) is 2.53. The van der Waals surface area contributed by atoms with Crippen molar-refractivity contribution < 1.29 is 19.4 Å². The fourth-order valence-electron chi connectivity index (χ4n) is 2.53. The van der Waals surface area contributed by atoms with Crippen LogP contribution in [0, 0.1) is 0 Å². The molecule has 1 N–H and O–H groups in total. The zero-order chi connectivity index (χ0) is 17.6. The van der Waals surface area contributed by atoms with Gasteiger partial charge in [-0.3, -0.25) is 4.98 Å². The number of hydrogen-bond donors (Lipinski definition) is 1. The Morgan fingerprint density at radius 2 is 2.00 bits per heavy atom. The van der Waals surface area contributed by atoms with Gasteiger partial charge in [0.25, 0.3) is 0 Å². The molecule has 0 bridgehead atoms. The topological polar surface area (TPSA) is 68.7 Å². The van der Waals surface area contributed by atoms with E-state index in [0.29, 0.717) is 11.5 Å². The van der Waals surface area contributed by atoms with Crippen molar-refractivity contribution in [3.63, 3.8) is 0 Å². The van der Waals surface area contributed by atoms with Crippen LogP contribution >= 0.6 is 0 Å². The normalized spacial score (nSPS) is 10.9. The third kappa shape index (κ3) is 3.95. The number of rotatable bonds is 6.